The summed E-state index contributed by atoms with van der Waals surface area (Å²) in [7, 11) is 3.13. The third-order valence-electron chi connectivity index (χ3n) is 1.91. The Morgan fingerprint density at radius 2 is 2.00 bits per heavy atom. The summed E-state index contributed by atoms with van der Waals surface area (Å²) in [6, 6.07) is 2.21. The molecule has 0 aromatic heterocycles. The molecular formula is C9H18N2O2. The second-order valence-corrected chi connectivity index (χ2v) is 3.08. The lowest BCUT2D eigenvalue weighted by Gasteiger charge is -2.26. The van der Waals surface area contributed by atoms with E-state index in [-0.39, 0.29) is 6.29 Å². The Labute approximate surface area is 79.8 Å². The van der Waals surface area contributed by atoms with Gasteiger partial charge in [0.15, 0.2) is 6.29 Å². The maximum absolute atomic E-state index is 8.93. The van der Waals surface area contributed by atoms with Crippen molar-refractivity contribution in [1.29, 1.82) is 5.26 Å². The van der Waals surface area contributed by atoms with Gasteiger partial charge in [0.1, 0.15) is 5.54 Å². The third kappa shape index (κ3) is 4.23. The fourth-order valence-corrected chi connectivity index (χ4v) is 1.14. The van der Waals surface area contributed by atoms with Crippen molar-refractivity contribution in [3.05, 3.63) is 0 Å². The number of nitrogens with zero attached hydrogens (tertiary/aromatic N) is 1. The van der Waals surface area contributed by atoms with E-state index in [4.69, 9.17) is 14.7 Å². The molecule has 0 bridgehead atoms. The molecule has 0 heterocycles. The van der Waals surface area contributed by atoms with E-state index < -0.39 is 5.54 Å². The Bertz CT molecular complexity index is 175. The molecule has 76 valence electrons. The molecule has 13 heavy (non-hydrogen) atoms. The molecule has 0 aliphatic rings. The highest BCUT2D eigenvalue weighted by Gasteiger charge is 2.26. The maximum Gasteiger partial charge on any atom is 0.159 e. The zero-order valence-corrected chi connectivity index (χ0v) is 8.76. The normalized spacial score (nSPS) is 15.4. The van der Waals surface area contributed by atoms with Crippen LogP contribution in [0.3, 0.4) is 0 Å². The lowest BCUT2D eigenvalue weighted by atomic mass is 9.99. The summed E-state index contributed by atoms with van der Waals surface area (Å²) in [6.07, 6.45) is 0.188. The highest BCUT2D eigenvalue weighted by atomic mass is 16.7. The van der Waals surface area contributed by atoms with Crippen molar-refractivity contribution in [2.45, 2.75) is 32.1 Å². The predicted molar refractivity (Wildman–Crippen MR) is 50.1 cm³/mol. The molecule has 0 spiro atoms. The topological polar surface area (TPSA) is 54.3 Å². The minimum absolute atomic E-state index is 0.330. The molecular weight excluding hydrogens is 168 g/mol. The zero-order valence-electron chi connectivity index (χ0n) is 8.76. The summed E-state index contributed by atoms with van der Waals surface area (Å²) in [6.45, 7) is 4.55. The first-order chi connectivity index (χ1) is 6.11. The third-order valence-corrected chi connectivity index (χ3v) is 1.91. The van der Waals surface area contributed by atoms with Crippen LogP contribution in [0.2, 0.25) is 0 Å². The number of rotatable bonds is 6. The smallest absolute Gasteiger partial charge is 0.159 e. The number of nitriles is 1. The van der Waals surface area contributed by atoms with Gasteiger partial charge in [-0.15, -0.1) is 0 Å². The van der Waals surface area contributed by atoms with Crippen LogP contribution in [-0.4, -0.2) is 32.6 Å². The van der Waals surface area contributed by atoms with Crippen molar-refractivity contribution in [3.8, 4) is 6.07 Å². The number of ether oxygens (including phenoxy) is 2. The van der Waals surface area contributed by atoms with Gasteiger partial charge in [-0.3, -0.25) is 5.32 Å². The minimum Gasteiger partial charge on any atom is -0.356 e. The van der Waals surface area contributed by atoms with E-state index in [1.54, 1.807) is 14.2 Å². The summed E-state index contributed by atoms with van der Waals surface area (Å²) < 4.78 is 10.1. The molecule has 0 saturated heterocycles. The van der Waals surface area contributed by atoms with Gasteiger partial charge < -0.3 is 9.47 Å². The van der Waals surface area contributed by atoms with Gasteiger partial charge in [-0.05, 0) is 13.5 Å². The van der Waals surface area contributed by atoms with Crippen molar-refractivity contribution < 1.29 is 9.47 Å². The second-order valence-electron chi connectivity index (χ2n) is 3.08. The molecule has 0 aromatic carbocycles. The van der Waals surface area contributed by atoms with Crippen LogP contribution in [-0.2, 0) is 9.47 Å². The summed E-state index contributed by atoms with van der Waals surface area (Å²) in [5.41, 5.74) is -0.578. The van der Waals surface area contributed by atoms with Crippen LogP contribution in [0.25, 0.3) is 0 Å². The lowest BCUT2D eigenvalue weighted by molar-refractivity contribution is -0.114. The Morgan fingerprint density at radius 3 is 2.31 bits per heavy atom. The first-order valence-electron chi connectivity index (χ1n) is 4.33. The van der Waals surface area contributed by atoms with E-state index in [2.05, 4.69) is 11.4 Å². The molecule has 0 aliphatic carbocycles. The summed E-state index contributed by atoms with van der Waals surface area (Å²) in [5, 5.41) is 12.0. The van der Waals surface area contributed by atoms with Crippen molar-refractivity contribution in [2.24, 2.45) is 0 Å². The molecule has 0 rings (SSSR count). The van der Waals surface area contributed by atoms with Crippen LogP contribution < -0.4 is 5.32 Å². The molecule has 1 unspecified atom stereocenters. The highest BCUT2D eigenvalue weighted by Crippen LogP contribution is 2.13. The molecule has 0 fully saturated rings. The monoisotopic (exact) mass is 186 g/mol. The van der Waals surface area contributed by atoms with Crippen molar-refractivity contribution in [1.82, 2.24) is 5.32 Å². The molecule has 1 N–H and O–H groups in total. The van der Waals surface area contributed by atoms with Crippen LogP contribution in [0.1, 0.15) is 20.3 Å². The molecule has 4 nitrogen and oxygen atoms in total. The Hall–Kier alpha value is -0.630. The van der Waals surface area contributed by atoms with Crippen LogP contribution in [0.5, 0.6) is 0 Å². The SMILES string of the molecule is CCNC(C)(C#N)CC(OC)OC. The van der Waals surface area contributed by atoms with Gasteiger partial charge in [0, 0.05) is 20.6 Å². The van der Waals surface area contributed by atoms with Gasteiger partial charge in [-0.25, -0.2) is 0 Å². The van der Waals surface area contributed by atoms with Crippen molar-refractivity contribution in [2.75, 3.05) is 20.8 Å². The Balaban J connectivity index is 4.17. The van der Waals surface area contributed by atoms with Crippen molar-refractivity contribution >= 4 is 0 Å². The zero-order chi connectivity index (χ0) is 10.3. The summed E-state index contributed by atoms with van der Waals surface area (Å²) >= 11 is 0. The second kappa shape index (κ2) is 5.92. The highest BCUT2D eigenvalue weighted by molar-refractivity contribution is 5.03. The molecule has 0 aliphatic heterocycles. The number of hydrogen-bond donors (Lipinski definition) is 1. The molecule has 0 aromatic rings. The van der Waals surface area contributed by atoms with E-state index in [1.807, 2.05) is 13.8 Å². The Kier molecular flexibility index (Phi) is 5.63. The van der Waals surface area contributed by atoms with Crippen LogP contribution in [0.4, 0.5) is 0 Å². The fourth-order valence-electron chi connectivity index (χ4n) is 1.14. The predicted octanol–water partition coefficient (Wildman–Crippen LogP) is 0.887. The first-order valence-corrected chi connectivity index (χ1v) is 4.33. The molecule has 4 heteroatoms. The van der Waals surface area contributed by atoms with E-state index in [1.165, 1.54) is 0 Å². The van der Waals surface area contributed by atoms with E-state index in [9.17, 15) is 0 Å². The van der Waals surface area contributed by atoms with Gasteiger partial charge in [0.2, 0.25) is 0 Å². The lowest BCUT2D eigenvalue weighted by Crippen LogP contribution is -2.44. The average molecular weight is 186 g/mol. The minimum atomic E-state index is -0.578. The van der Waals surface area contributed by atoms with Gasteiger partial charge in [0.25, 0.3) is 0 Å². The molecule has 0 radical (unpaired) electrons. The quantitative estimate of drug-likeness (QED) is 0.626. The van der Waals surface area contributed by atoms with Crippen LogP contribution >= 0.6 is 0 Å². The van der Waals surface area contributed by atoms with Crippen LogP contribution in [0.15, 0.2) is 0 Å². The molecule has 0 saturated carbocycles. The van der Waals surface area contributed by atoms with Crippen molar-refractivity contribution in [3.63, 3.8) is 0 Å². The van der Waals surface area contributed by atoms with E-state index >= 15 is 0 Å². The van der Waals surface area contributed by atoms with E-state index in [0.717, 1.165) is 6.54 Å². The van der Waals surface area contributed by atoms with Gasteiger partial charge in [-0.1, -0.05) is 6.92 Å². The largest absolute Gasteiger partial charge is 0.356 e. The molecule has 0 amide bonds. The van der Waals surface area contributed by atoms with Crippen LogP contribution in [0, 0.1) is 11.3 Å². The van der Waals surface area contributed by atoms with Gasteiger partial charge >= 0.3 is 0 Å². The van der Waals surface area contributed by atoms with Gasteiger partial charge in [-0.2, -0.15) is 5.26 Å². The average Bonchev–Trinajstić information content (AvgIpc) is 2.15. The standard InChI is InChI=1S/C9H18N2O2/c1-5-11-9(2,7-10)6-8(12-3)13-4/h8,11H,5-6H2,1-4H3. The maximum atomic E-state index is 8.93. The Morgan fingerprint density at radius 1 is 1.46 bits per heavy atom. The first kappa shape index (κ1) is 12.4. The fraction of sp³-hybridized carbons (Fsp3) is 0.889. The molecule has 1 atom stereocenters. The number of methoxy groups -OCH3 is 2. The number of nitrogens with one attached hydrogen (secondary N) is 1. The summed E-state index contributed by atoms with van der Waals surface area (Å²) in [4.78, 5) is 0. The van der Waals surface area contributed by atoms with Gasteiger partial charge in [0.05, 0.1) is 6.07 Å². The number of hydrogen-bond acceptors (Lipinski definition) is 4. The van der Waals surface area contributed by atoms with E-state index in [0.29, 0.717) is 6.42 Å². The summed E-state index contributed by atoms with van der Waals surface area (Å²) in [5.74, 6) is 0.